The minimum Gasteiger partial charge on any atom is -0.351 e. The number of hydrogen-bond donors (Lipinski definition) is 1. The van der Waals surface area contributed by atoms with E-state index in [9.17, 15) is 26.4 Å². The minimum absolute atomic E-state index is 0.0971. The summed E-state index contributed by atoms with van der Waals surface area (Å²) in [6, 6.07) is -0.210. The summed E-state index contributed by atoms with van der Waals surface area (Å²) in [6.07, 6.45) is -0.000755. The van der Waals surface area contributed by atoms with Crippen molar-refractivity contribution >= 4 is 32.6 Å². The molecular weight excluding hydrogens is 419 g/mol. The Hall–Kier alpha value is -1.53. The number of carbonyl (C=O) groups is 1. The van der Waals surface area contributed by atoms with Crippen molar-refractivity contribution in [1.82, 2.24) is 10.1 Å². The molecule has 2 atom stereocenters. The van der Waals surface area contributed by atoms with E-state index in [-0.39, 0.29) is 23.2 Å². The topological polar surface area (TPSA) is 97.1 Å². The lowest BCUT2D eigenvalue weighted by molar-refractivity contribution is -0.542. The zero-order valence-corrected chi connectivity index (χ0v) is 17.0. The second-order valence-corrected chi connectivity index (χ2v) is 10.2. The Labute approximate surface area is 164 Å². The third-order valence-electron chi connectivity index (χ3n) is 4.69. The van der Waals surface area contributed by atoms with Crippen molar-refractivity contribution in [3.05, 3.63) is 23.1 Å². The number of amides is 1. The van der Waals surface area contributed by atoms with Gasteiger partial charge in [0.2, 0.25) is 11.7 Å². The van der Waals surface area contributed by atoms with Crippen molar-refractivity contribution in [2.24, 2.45) is 0 Å². The van der Waals surface area contributed by atoms with Crippen LogP contribution >= 0.6 is 11.8 Å². The SMILES string of the molecule is Cc1c(C2=CCC(C(=O)N3CCCC([NH2+]S(C)(=O)=O)C3)S2)noc1C(F)(F)F. The second-order valence-electron chi connectivity index (χ2n) is 7.05. The summed E-state index contributed by atoms with van der Waals surface area (Å²) in [6.45, 7) is 2.17. The Kier molecular flexibility index (Phi) is 5.84. The highest BCUT2D eigenvalue weighted by Gasteiger charge is 2.41. The zero-order valence-electron chi connectivity index (χ0n) is 15.3. The van der Waals surface area contributed by atoms with Crippen molar-refractivity contribution in [1.29, 1.82) is 0 Å². The number of halogens is 3. The average Bonchev–Trinajstić information content (AvgIpc) is 3.18. The minimum atomic E-state index is -4.62. The number of allylic oxidation sites excluding steroid dienone is 1. The van der Waals surface area contributed by atoms with Gasteiger partial charge in [-0.3, -0.25) is 4.79 Å². The van der Waals surface area contributed by atoms with Gasteiger partial charge in [0.05, 0.1) is 18.1 Å². The van der Waals surface area contributed by atoms with E-state index < -0.39 is 27.2 Å². The van der Waals surface area contributed by atoms with Gasteiger partial charge in [0.25, 0.3) is 10.0 Å². The molecule has 1 aromatic rings. The van der Waals surface area contributed by atoms with Crippen molar-refractivity contribution in [3.63, 3.8) is 0 Å². The van der Waals surface area contributed by atoms with Crippen LogP contribution in [0.5, 0.6) is 0 Å². The monoisotopic (exact) mass is 440 g/mol. The first kappa shape index (κ1) is 21.2. The molecule has 156 valence electrons. The van der Waals surface area contributed by atoms with Gasteiger partial charge < -0.3 is 9.42 Å². The van der Waals surface area contributed by atoms with Crippen LogP contribution in [-0.4, -0.2) is 55.0 Å². The summed E-state index contributed by atoms with van der Waals surface area (Å²) in [5.74, 6) is -1.27. The molecule has 12 heteroatoms. The van der Waals surface area contributed by atoms with Gasteiger partial charge in [0.15, 0.2) is 0 Å². The third-order valence-corrected chi connectivity index (χ3v) is 6.86. The zero-order chi connectivity index (χ0) is 20.7. The highest BCUT2D eigenvalue weighted by Crippen LogP contribution is 2.43. The fourth-order valence-corrected chi connectivity index (χ4v) is 5.64. The smallest absolute Gasteiger partial charge is 0.351 e. The van der Waals surface area contributed by atoms with E-state index in [2.05, 4.69) is 9.68 Å². The molecule has 2 N–H and O–H groups in total. The lowest BCUT2D eigenvalue weighted by Crippen LogP contribution is -2.94. The predicted octanol–water partition coefficient (Wildman–Crippen LogP) is 1.36. The van der Waals surface area contributed by atoms with Crippen LogP contribution in [0.3, 0.4) is 0 Å². The number of piperidine rings is 1. The summed E-state index contributed by atoms with van der Waals surface area (Å²) >= 11 is 1.17. The van der Waals surface area contributed by atoms with E-state index in [0.29, 0.717) is 37.3 Å². The Bertz CT molecular complexity index is 895. The largest absolute Gasteiger partial charge is 0.452 e. The van der Waals surface area contributed by atoms with Crippen LogP contribution in [0, 0.1) is 6.92 Å². The van der Waals surface area contributed by atoms with Crippen LogP contribution in [0.25, 0.3) is 4.91 Å². The molecule has 0 aliphatic carbocycles. The fraction of sp³-hybridized carbons (Fsp3) is 0.625. The van der Waals surface area contributed by atoms with Crippen LogP contribution in [0.4, 0.5) is 13.2 Å². The molecule has 3 rings (SSSR count). The van der Waals surface area contributed by atoms with Gasteiger partial charge in [-0.1, -0.05) is 11.2 Å². The third kappa shape index (κ3) is 4.71. The predicted molar refractivity (Wildman–Crippen MR) is 96.6 cm³/mol. The molecule has 0 spiro atoms. The number of quaternary nitrogens is 1. The molecule has 0 bridgehead atoms. The van der Waals surface area contributed by atoms with Crippen LogP contribution < -0.4 is 4.72 Å². The first-order valence-electron chi connectivity index (χ1n) is 8.70. The second kappa shape index (κ2) is 7.71. The molecule has 1 amide bonds. The summed E-state index contributed by atoms with van der Waals surface area (Å²) < 4.78 is 67.3. The van der Waals surface area contributed by atoms with Gasteiger partial charge in [-0.15, -0.1) is 11.8 Å². The number of aromatic nitrogens is 1. The maximum atomic E-state index is 12.9. The Morgan fingerprint density at radius 1 is 1.43 bits per heavy atom. The maximum absolute atomic E-state index is 12.9. The van der Waals surface area contributed by atoms with Crippen molar-refractivity contribution in [3.8, 4) is 0 Å². The van der Waals surface area contributed by atoms with E-state index in [1.54, 1.807) is 11.0 Å². The normalized spacial score (nSPS) is 23.8. The number of sulfonamides is 1. The van der Waals surface area contributed by atoms with Crippen molar-refractivity contribution < 1.29 is 35.6 Å². The molecule has 1 fully saturated rings. The maximum Gasteiger partial charge on any atom is 0.452 e. The lowest BCUT2D eigenvalue weighted by Gasteiger charge is -2.32. The Morgan fingerprint density at radius 3 is 2.75 bits per heavy atom. The first-order chi connectivity index (χ1) is 13.0. The number of nitrogens with two attached hydrogens (primary N) is 1. The quantitative estimate of drug-likeness (QED) is 0.760. The number of primary sulfonamides is 1. The number of thioether (sulfide) groups is 1. The molecule has 3 heterocycles. The molecule has 7 nitrogen and oxygen atoms in total. The molecular formula is C16H21F3N3O4S2+. The molecule has 0 aromatic carbocycles. The average molecular weight is 440 g/mol. The van der Waals surface area contributed by atoms with Gasteiger partial charge >= 0.3 is 6.18 Å². The molecule has 1 aromatic heterocycles. The molecule has 2 aliphatic rings. The highest BCUT2D eigenvalue weighted by atomic mass is 32.2. The lowest BCUT2D eigenvalue weighted by atomic mass is 10.1. The van der Waals surface area contributed by atoms with Gasteiger partial charge in [-0.2, -0.15) is 21.6 Å². The van der Waals surface area contributed by atoms with Gasteiger partial charge in [0, 0.05) is 23.4 Å². The molecule has 1 saturated heterocycles. The Balaban J connectivity index is 1.65. The van der Waals surface area contributed by atoms with Gasteiger partial charge in [-0.25, -0.2) is 4.72 Å². The summed E-state index contributed by atoms with van der Waals surface area (Å²) in [5.41, 5.74) is 0.00898. The number of nitrogens with zero attached hydrogens (tertiary/aromatic N) is 2. The van der Waals surface area contributed by atoms with Crippen LogP contribution in [0.1, 0.15) is 36.3 Å². The molecule has 0 radical (unpaired) electrons. The van der Waals surface area contributed by atoms with E-state index in [1.807, 2.05) is 0 Å². The molecule has 0 saturated carbocycles. The summed E-state index contributed by atoms with van der Waals surface area (Å²) in [5, 5.41) is 3.08. The van der Waals surface area contributed by atoms with Gasteiger partial charge in [0.1, 0.15) is 11.7 Å². The van der Waals surface area contributed by atoms with Crippen molar-refractivity contribution in [2.45, 2.75) is 43.7 Å². The van der Waals surface area contributed by atoms with Gasteiger partial charge in [-0.05, 0) is 19.8 Å². The van der Waals surface area contributed by atoms with Crippen LogP contribution in [0.15, 0.2) is 10.6 Å². The molecule has 28 heavy (non-hydrogen) atoms. The number of rotatable bonds is 4. The van der Waals surface area contributed by atoms with E-state index in [0.717, 1.165) is 6.26 Å². The summed E-state index contributed by atoms with van der Waals surface area (Å²) in [7, 11) is -3.24. The number of carbonyl (C=O) groups excluding carboxylic acids is 1. The number of alkyl halides is 3. The first-order valence-corrected chi connectivity index (χ1v) is 11.5. The van der Waals surface area contributed by atoms with Crippen LogP contribution in [-0.2, 0) is 21.0 Å². The van der Waals surface area contributed by atoms with E-state index in [4.69, 9.17) is 0 Å². The number of likely N-dealkylation sites (tertiary alicyclic amines) is 1. The summed E-state index contributed by atoms with van der Waals surface area (Å²) in [4.78, 5) is 15.0. The molecule has 2 unspecified atom stereocenters. The van der Waals surface area contributed by atoms with Crippen LogP contribution in [0.2, 0.25) is 0 Å². The van der Waals surface area contributed by atoms with E-state index in [1.165, 1.54) is 23.4 Å². The fourth-order valence-electron chi connectivity index (χ4n) is 3.47. The standard InChI is InChI=1S/C16H20F3N3O4S2/c1-9-13(20-26-14(9)16(17,18)19)11-5-6-12(27-11)15(23)22-7-3-4-10(8-22)21-28(2,24)25/h5,10,12,21H,3-4,6-8H2,1-2H3/p+1. The van der Waals surface area contributed by atoms with E-state index >= 15 is 0 Å². The molecule has 2 aliphatic heterocycles. The van der Waals surface area contributed by atoms with Crippen molar-refractivity contribution in [2.75, 3.05) is 19.3 Å². The highest BCUT2D eigenvalue weighted by molar-refractivity contribution is 8.09. The Morgan fingerprint density at radius 2 is 2.14 bits per heavy atom. The number of hydrogen-bond acceptors (Lipinski definition) is 6.